The summed E-state index contributed by atoms with van der Waals surface area (Å²) in [7, 11) is 11.0. The number of hydrogen-bond donors (Lipinski definition) is 0. The van der Waals surface area contributed by atoms with Crippen LogP contribution in [0, 0.1) is 0 Å². The third kappa shape index (κ3) is 68.4. The summed E-state index contributed by atoms with van der Waals surface area (Å²) in [4.78, 5) is 12.0. The molecule has 0 aliphatic carbocycles. The summed E-state index contributed by atoms with van der Waals surface area (Å²) in [6.07, 6.45) is 22.8. The van der Waals surface area contributed by atoms with Gasteiger partial charge in [0.15, 0.2) is 0 Å². The van der Waals surface area contributed by atoms with Gasteiger partial charge in [-0.2, -0.15) is 0 Å². The van der Waals surface area contributed by atoms with Gasteiger partial charge in [0, 0.05) is 0 Å². The molecule has 0 N–H and O–H groups in total. The first-order valence-corrected chi connectivity index (χ1v) is 20.9. The van der Waals surface area contributed by atoms with E-state index in [1.165, 1.54) is 168 Å². The van der Waals surface area contributed by atoms with Crippen LogP contribution in [0.1, 0.15) is 209 Å². The lowest BCUT2D eigenvalue weighted by molar-refractivity contribution is 0.277. The van der Waals surface area contributed by atoms with Gasteiger partial charge in [0.1, 0.15) is 0 Å². The average molecular weight is 740 g/mol. The van der Waals surface area contributed by atoms with Gasteiger partial charge in [0.25, 0.3) is 0 Å². The number of piperidine rings is 2. The van der Waals surface area contributed by atoms with E-state index < -0.39 is 0 Å². The van der Waals surface area contributed by atoms with Crippen LogP contribution in [-0.4, -0.2) is 125 Å². The molecule has 5 fully saturated rings. The highest BCUT2D eigenvalue weighted by molar-refractivity contribution is 4.61. The van der Waals surface area contributed by atoms with Gasteiger partial charge in [-0.05, 0) is 165 Å². The molecule has 0 aromatic carbocycles. The van der Waals surface area contributed by atoms with E-state index in [1.54, 1.807) is 0 Å². The molecule has 0 aromatic rings. The monoisotopic (exact) mass is 740 g/mol. The fraction of sp³-hybridized carbons (Fsp3) is 1.00. The summed E-state index contributed by atoms with van der Waals surface area (Å²) in [6.45, 7) is 33.2. The lowest BCUT2D eigenvalue weighted by atomic mass is 10.1. The van der Waals surface area contributed by atoms with Crippen LogP contribution >= 0.6 is 0 Å². The fourth-order valence-electron chi connectivity index (χ4n) is 5.44. The highest BCUT2D eigenvalue weighted by Crippen LogP contribution is 2.08. The predicted molar refractivity (Wildman–Crippen MR) is 252 cm³/mol. The van der Waals surface area contributed by atoms with Crippen molar-refractivity contribution in [2.24, 2.45) is 0 Å². The molecule has 51 heavy (non-hydrogen) atoms. The summed E-state index contributed by atoms with van der Waals surface area (Å²) >= 11 is 0. The summed E-state index contributed by atoms with van der Waals surface area (Å²) in [5.74, 6) is 0. The van der Waals surface area contributed by atoms with Gasteiger partial charge in [0.2, 0.25) is 0 Å². The molecule has 326 valence electrons. The van der Waals surface area contributed by atoms with Crippen molar-refractivity contribution in [2.45, 2.75) is 209 Å². The standard InChI is InChI=1S/2C7H15N.2C6H13N.C5H11N.5C2H6.5CH4/c2*1-8-6-4-2-3-5-7-8;2*1-7-5-3-2-4-6-7;1-6-4-2-3-5-6;5*1-2;;;;;/h2*2-7H2,1H3;2*2-6H2,1H3;2-5H2,1H3;5*1-2H3;5*1H4. The van der Waals surface area contributed by atoms with Gasteiger partial charge in [-0.15, -0.1) is 0 Å². The molecular formula is C46H117N5. The first-order chi connectivity index (χ1) is 22.5. The number of hydrogen-bond acceptors (Lipinski definition) is 5. The van der Waals surface area contributed by atoms with E-state index in [0.29, 0.717) is 0 Å². The van der Waals surface area contributed by atoms with Crippen LogP contribution in [0.4, 0.5) is 0 Å². The Bertz CT molecular complexity index is 395. The van der Waals surface area contributed by atoms with E-state index >= 15 is 0 Å². The molecular weight excluding hydrogens is 623 g/mol. The second-order valence-electron chi connectivity index (χ2n) is 12.2. The van der Waals surface area contributed by atoms with Crippen molar-refractivity contribution in [1.82, 2.24) is 24.5 Å². The maximum absolute atomic E-state index is 2.42. The van der Waals surface area contributed by atoms with Crippen molar-refractivity contribution in [1.29, 1.82) is 0 Å². The molecule has 0 atom stereocenters. The average Bonchev–Trinajstić information content (AvgIpc) is 3.31. The van der Waals surface area contributed by atoms with Gasteiger partial charge in [-0.3, -0.25) is 0 Å². The molecule has 0 spiro atoms. The van der Waals surface area contributed by atoms with Crippen LogP contribution in [0.15, 0.2) is 0 Å². The minimum Gasteiger partial charge on any atom is -0.306 e. The van der Waals surface area contributed by atoms with Crippen molar-refractivity contribution in [3.63, 3.8) is 0 Å². The van der Waals surface area contributed by atoms with Crippen LogP contribution in [0.5, 0.6) is 0 Å². The summed E-state index contributed by atoms with van der Waals surface area (Å²) in [6, 6.07) is 0. The molecule has 5 heterocycles. The topological polar surface area (TPSA) is 16.2 Å². The van der Waals surface area contributed by atoms with Crippen LogP contribution < -0.4 is 0 Å². The minimum absolute atomic E-state index is 0. The van der Waals surface area contributed by atoms with Crippen molar-refractivity contribution in [2.75, 3.05) is 101 Å². The van der Waals surface area contributed by atoms with E-state index in [0.717, 1.165) is 0 Å². The molecule has 0 saturated carbocycles. The molecule has 0 bridgehead atoms. The Morgan fingerprint density at radius 1 is 0.176 bits per heavy atom. The van der Waals surface area contributed by atoms with Crippen molar-refractivity contribution >= 4 is 0 Å². The fourth-order valence-corrected chi connectivity index (χ4v) is 5.44. The van der Waals surface area contributed by atoms with Gasteiger partial charge >= 0.3 is 0 Å². The predicted octanol–water partition coefficient (Wildman–Crippen LogP) is 14.2. The van der Waals surface area contributed by atoms with Gasteiger partial charge < -0.3 is 24.5 Å². The van der Waals surface area contributed by atoms with Crippen molar-refractivity contribution in [3.8, 4) is 0 Å². The molecule has 0 aromatic heterocycles. The van der Waals surface area contributed by atoms with E-state index in [4.69, 9.17) is 0 Å². The SMILES string of the molecule is C.C.C.C.C.CC.CC.CC.CC.CC.CN1CCCC1.CN1CCCCC1.CN1CCCCC1.CN1CCCCCC1.CN1CCCCCC1. The normalized spacial score (nSPS) is 18.4. The zero-order valence-electron chi connectivity index (χ0n) is 35.6. The molecule has 5 heteroatoms. The molecule has 5 nitrogen and oxygen atoms in total. The minimum atomic E-state index is 0. The maximum Gasteiger partial charge on any atom is -0.00213 e. The third-order valence-electron chi connectivity index (χ3n) is 8.15. The van der Waals surface area contributed by atoms with Crippen LogP contribution in [0.3, 0.4) is 0 Å². The van der Waals surface area contributed by atoms with Crippen molar-refractivity contribution in [3.05, 3.63) is 0 Å². The van der Waals surface area contributed by atoms with Gasteiger partial charge in [-0.25, -0.2) is 0 Å². The Hall–Kier alpha value is -0.200. The Labute approximate surface area is 333 Å². The zero-order valence-corrected chi connectivity index (χ0v) is 35.6. The number of rotatable bonds is 0. The van der Waals surface area contributed by atoms with Crippen LogP contribution in [-0.2, 0) is 0 Å². The Morgan fingerprint density at radius 2 is 0.255 bits per heavy atom. The summed E-state index contributed by atoms with van der Waals surface area (Å²) in [5.41, 5.74) is 0. The van der Waals surface area contributed by atoms with E-state index in [-0.39, 0.29) is 37.1 Å². The second-order valence-corrected chi connectivity index (χ2v) is 12.2. The third-order valence-corrected chi connectivity index (χ3v) is 8.15. The summed E-state index contributed by atoms with van der Waals surface area (Å²) < 4.78 is 0. The van der Waals surface area contributed by atoms with E-state index in [1.807, 2.05) is 69.2 Å². The molecule has 5 aliphatic heterocycles. The van der Waals surface area contributed by atoms with Gasteiger partial charge in [-0.1, -0.05) is 145 Å². The van der Waals surface area contributed by atoms with Crippen molar-refractivity contribution < 1.29 is 0 Å². The van der Waals surface area contributed by atoms with E-state index in [2.05, 4.69) is 59.7 Å². The zero-order chi connectivity index (χ0) is 36.3. The number of likely N-dealkylation sites (tertiary alicyclic amines) is 5. The van der Waals surface area contributed by atoms with Crippen LogP contribution in [0.2, 0.25) is 0 Å². The van der Waals surface area contributed by atoms with E-state index in [9.17, 15) is 0 Å². The lowest BCUT2D eigenvalue weighted by Crippen LogP contribution is -2.24. The maximum atomic E-state index is 2.42. The lowest BCUT2D eigenvalue weighted by Gasteiger charge is -2.20. The second kappa shape index (κ2) is 71.2. The van der Waals surface area contributed by atoms with Gasteiger partial charge in [0.05, 0.1) is 0 Å². The smallest absolute Gasteiger partial charge is 0.00213 e. The Morgan fingerprint density at radius 3 is 0.353 bits per heavy atom. The molecule has 0 unspecified atom stereocenters. The number of nitrogens with zero attached hydrogens (tertiary/aromatic N) is 5. The largest absolute Gasteiger partial charge is 0.306 e. The quantitative estimate of drug-likeness (QED) is 0.245. The summed E-state index contributed by atoms with van der Waals surface area (Å²) in [5, 5.41) is 0. The molecule has 0 radical (unpaired) electrons. The van der Waals surface area contributed by atoms with Crippen LogP contribution in [0.25, 0.3) is 0 Å². The Kier molecular flexibility index (Phi) is 106. The molecule has 0 amide bonds. The first-order valence-electron chi connectivity index (χ1n) is 20.9. The Balaban J connectivity index is -0.0000000474. The highest BCUT2D eigenvalue weighted by Gasteiger charge is 2.05. The highest BCUT2D eigenvalue weighted by atomic mass is 15.1. The first kappa shape index (κ1) is 75.7. The molecule has 5 rings (SSSR count). The molecule has 5 aliphatic rings. The molecule has 5 saturated heterocycles.